The average molecular weight is 348 g/mol. The molecule has 0 spiro atoms. The molecule has 1 aliphatic rings. The number of carbonyl (C=O) groups excluding carboxylic acids is 3. The molecule has 1 fully saturated rings. The lowest BCUT2D eigenvalue weighted by Gasteiger charge is -2.43. The minimum Gasteiger partial charge on any atom is -0.481 e. The fourth-order valence-corrected chi connectivity index (χ4v) is 2.47. The van der Waals surface area contributed by atoms with E-state index in [9.17, 15) is 24.3 Å². The number of ether oxygens (including phenoxy) is 4. The quantitative estimate of drug-likeness (QED) is 0.453. The molecule has 0 aromatic carbocycles. The van der Waals surface area contributed by atoms with E-state index >= 15 is 0 Å². The number of carbonyl (C=O) groups is 4. The number of esters is 3. The lowest BCUT2D eigenvalue weighted by atomic mass is 9.92. The number of aliphatic hydroxyl groups is 1. The lowest BCUT2D eigenvalue weighted by Crippen LogP contribution is -2.62. The van der Waals surface area contributed by atoms with Crippen LogP contribution in [0.5, 0.6) is 0 Å². The molecule has 5 unspecified atom stereocenters. The van der Waals surface area contributed by atoms with Gasteiger partial charge >= 0.3 is 23.9 Å². The molecule has 10 heteroatoms. The van der Waals surface area contributed by atoms with Crippen molar-refractivity contribution in [3.05, 3.63) is 0 Å². The van der Waals surface area contributed by atoms with Gasteiger partial charge in [-0.1, -0.05) is 0 Å². The number of hydrogen-bond donors (Lipinski definition) is 2. The Morgan fingerprint density at radius 2 is 1.25 bits per heavy atom. The predicted molar refractivity (Wildman–Crippen MR) is 74.7 cm³/mol. The van der Waals surface area contributed by atoms with Crippen molar-refractivity contribution in [1.82, 2.24) is 0 Å². The SMILES string of the molecule is CC(=O)OC1C(CO)OC(CC(=O)O)C(OC(C)=O)C1OC(C)=O. The normalized spacial score (nSPS) is 29.4. The summed E-state index contributed by atoms with van der Waals surface area (Å²) in [6, 6.07) is 0. The number of carboxylic acids is 1. The lowest BCUT2D eigenvalue weighted by molar-refractivity contribution is -0.252. The number of aliphatic hydroxyl groups excluding tert-OH is 1. The van der Waals surface area contributed by atoms with Gasteiger partial charge in [-0.3, -0.25) is 19.2 Å². The van der Waals surface area contributed by atoms with Gasteiger partial charge in [-0.15, -0.1) is 0 Å². The van der Waals surface area contributed by atoms with Crippen molar-refractivity contribution in [2.75, 3.05) is 6.61 Å². The largest absolute Gasteiger partial charge is 0.481 e. The van der Waals surface area contributed by atoms with E-state index in [0.717, 1.165) is 20.8 Å². The fourth-order valence-electron chi connectivity index (χ4n) is 2.47. The highest BCUT2D eigenvalue weighted by atomic mass is 16.6. The molecule has 10 nitrogen and oxygen atoms in total. The molecule has 2 N–H and O–H groups in total. The van der Waals surface area contributed by atoms with Gasteiger partial charge in [0.05, 0.1) is 13.0 Å². The molecule has 0 amide bonds. The van der Waals surface area contributed by atoms with E-state index in [1.54, 1.807) is 0 Å². The minimum atomic E-state index is -1.31. The summed E-state index contributed by atoms with van der Waals surface area (Å²) in [7, 11) is 0. The number of aliphatic carboxylic acids is 1. The Hall–Kier alpha value is -2.20. The predicted octanol–water partition coefficient (Wildman–Crippen LogP) is -0.984. The van der Waals surface area contributed by atoms with Gasteiger partial charge in [-0.05, 0) is 0 Å². The van der Waals surface area contributed by atoms with Crippen LogP contribution in [0.2, 0.25) is 0 Å². The zero-order valence-corrected chi connectivity index (χ0v) is 13.5. The Morgan fingerprint density at radius 3 is 1.62 bits per heavy atom. The third kappa shape index (κ3) is 5.46. The Labute approximate surface area is 137 Å². The molecule has 0 radical (unpaired) electrons. The Balaban J connectivity index is 3.23. The van der Waals surface area contributed by atoms with Crippen molar-refractivity contribution >= 4 is 23.9 Å². The van der Waals surface area contributed by atoms with Crippen molar-refractivity contribution in [3.8, 4) is 0 Å². The summed E-state index contributed by atoms with van der Waals surface area (Å²) in [5.41, 5.74) is 0. The van der Waals surface area contributed by atoms with Crippen molar-refractivity contribution in [3.63, 3.8) is 0 Å². The summed E-state index contributed by atoms with van der Waals surface area (Å²) < 4.78 is 20.6. The molecule has 0 bridgehead atoms. The fraction of sp³-hybridized carbons (Fsp3) is 0.714. The van der Waals surface area contributed by atoms with Crippen molar-refractivity contribution in [1.29, 1.82) is 0 Å². The molecule has 1 aliphatic heterocycles. The Kier molecular flexibility index (Phi) is 7.11. The molecule has 0 saturated carbocycles. The van der Waals surface area contributed by atoms with Crippen LogP contribution in [0.1, 0.15) is 27.2 Å². The zero-order valence-electron chi connectivity index (χ0n) is 13.5. The molecule has 1 heterocycles. The molecule has 0 aromatic rings. The van der Waals surface area contributed by atoms with Crippen molar-refractivity contribution in [2.45, 2.75) is 57.7 Å². The van der Waals surface area contributed by atoms with E-state index in [1.807, 2.05) is 0 Å². The van der Waals surface area contributed by atoms with Gasteiger partial charge in [0.2, 0.25) is 0 Å². The van der Waals surface area contributed by atoms with Gasteiger partial charge in [0.25, 0.3) is 0 Å². The number of carboxylic acid groups (broad SMARTS) is 1. The highest BCUT2D eigenvalue weighted by molar-refractivity contribution is 5.69. The third-order valence-electron chi connectivity index (χ3n) is 3.19. The van der Waals surface area contributed by atoms with E-state index in [0.29, 0.717) is 0 Å². The summed E-state index contributed by atoms with van der Waals surface area (Å²) in [6.07, 6.45) is -6.79. The standard InChI is InChI=1S/C14H20O10/c1-6(16)21-12-9(4-11(19)20)24-10(5-15)13(22-7(2)17)14(12)23-8(3)18/h9-10,12-15H,4-5H2,1-3H3,(H,19,20). The van der Waals surface area contributed by atoms with Gasteiger partial charge in [-0.25, -0.2) is 0 Å². The molecule has 1 saturated heterocycles. The molecule has 0 aromatic heterocycles. The topological polar surface area (TPSA) is 146 Å². The third-order valence-corrected chi connectivity index (χ3v) is 3.19. The molecule has 0 aliphatic carbocycles. The van der Waals surface area contributed by atoms with Crippen LogP contribution in [0.4, 0.5) is 0 Å². The van der Waals surface area contributed by atoms with Crippen LogP contribution in [0.3, 0.4) is 0 Å². The Bertz CT molecular complexity index is 502. The Morgan fingerprint density at radius 1 is 0.833 bits per heavy atom. The van der Waals surface area contributed by atoms with Gasteiger partial charge in [0, 0.05) is 20.8 Å². The van der Waals surface area contributed by atoms with Crippen LogP contribution in [0.15, 0.2) is 0 Å². The highest BCUT2D eigenvalue weighted by Gasteiger charge is 2.51. The van der Waals surface area contributed by atoms with Crippen LogP contribution in [0, 0.1) is 0 Å². The maximum absolute atomic E-state index is 11.4. The van der Waals surface area contributed by atoms with E-state index < -0.39 is 67.4 Å². The van der Waals surface area contributed by atoms with Crippen molar-refractivity contribution < 1.29 is 48.3 Å². The molecule has 136 valence electrons. The number of rotatable bonds is 6. The molecule has 5 atom stereocenters. The first-order valence-electron chi connectivity index (χ1n) is 7.15. The van der Waals surface area contributed by atoms with Crippen LogP contribution in [-0.4, -0.2) is 71.2 Å². The summed E-state index contributed by atoms with van der Waals surface area (Å²) >= 11 is 0. The molecular formula is C14H20O10. The minimum absolute atomic E-state index is 0.570. The van der Waals surface area contributed by atoms with Crippen LogP contribution in [0.25, 0.3) is 0 Å². The maximum atomic E-state index is 11.4. The van der Waals surface area contributed by atoms with Gasteiger partial charge in [0.1, 0.15) is 12.2 Å². The van der Waals surface area contributed by atoms with Crippen LogP contribution in [-0.2, 0) is 38.1 Å². The summed E-state index contributed by atoms with van der Waals surface area (Å²) in [6.45, 7) is 2.65. The van der Waals surface area contributed by atoms with E-state index in [4.69, 9.17) is 24.1 Å². The highest BCUT2D eigenvalue weighted by Crippen LogP contribution is 2.30. The van der Waals surface area contributed by atoms with Crippen molar-refractivity contribution in [2.24, 2.45) is 0 Å². The molecule has 1 rings (SSSR count). The second-order valence-corrected chi connectivity index (χ2v) is 5.22. The number of hydrogen-bond acceptors (Lipinski definition) is 9. The monoisotopic (exact) mass is 348 g/mol. The first kappa shape index (κ1) is 19.8. The summed E-state index contributed by atoms with van der Waals surface area (Å²) in [4.78, 5) is 45.0. The van der Waals surface area contributed by atoms with E-state index in [-0.39, 0.29) is 0 Å². The second kappa shape index (κ2) is 8.60. The van der Waals surface area contributed by atoms with Crippen LogP contribution >= 0.6 is 0 Å². The molecular weight excluding hydrogens is 328 g/mol. The van der Waals surface area contributed by atoms with Gasteiger partial charge in [-0.2, -0.15) is 0 Å². The van der Waals surface area contributed by atoms with Gasteiger partial charge in [0.15, 0.2) is 18.3 Å². The van der Waals surface area contributed by atoms with Gasteiger partial charge < -0.3 is 29.2 Å². The average Bonchev–Trinajstić information content (AvgIpc) is 2.42. The smallest absolute Gasteiger partial charge is 0.306 e. The summed E-state index contributed by atoms with van der Waals surface area (Å²) in [5, 5.41) is 18.4. The summed E-state index contributed by atoms with van der Waals surface area (Å²) in [5.74, 6) is -3.51. The van der Waals surface area contributed by atoms with E-state index in [1.165, 1.54) is 0 Å². The second-order valence-electron chi connectivity index (χ2n) is 5.22. The first-order chi connectivity index (χ1) is 11.1. The maximum Gasteiger partial charge on any atom is 0.306 e. The van der Waals surface area contributed by atoms with E-state index in [2.05, 4.69) is 0 Å². The molecule has 24 heavy (non-hydrogen) atoms. The first-order valence-corrected chi connectivity index (χ1v) is 7.15. The zero-order chi connectivity index (χ0) is 18.4. The van der Waals surface area contributed by atoms with Crippen LogP contribution < -0.4 is 0 Å².